The van der Waals surface area contributed by atoms with Gasteiger partial charge in [0.15, 0.2) is 0 Å². The van der Waals surface area contributed by atoms with Crippen LogP contribution in [0.5, 0.6) is 0 Å². The lowest BCUT2D eigenvalue weighted by atomic mass is 10.2. The lowest BCUT2D eigenvalue weighted by Crippen LogP contribution is -1.81. The summed E-state index contributed by atoms with van der Waals surface area (Å²) in [6.07, 6.45) is 1.02. The summed E-state index contributed by atoms with van der Waals surface area (Å²) in [6.45, 7) is 6.25. The monoisotopic (exact) mass is 155 g/mol. The third kappa shape index (κ3) is 2.35. The van der Waals surface area contributed by atoms with Crippen LogP contribution in [0.2, 0.25) is 0 Å². The molecule has 1 aromatic heterocycles. The average molecular weight is 155 g/mol. The van der Waals surface area contributed by atoms with Crippen LogP contribution < -0.4 is 5.73 Å². The molecule has 1 heterocycles. The number of hydrogen-bond acceptors (Lipinski definition) is 2. The molecule has 1 aromatic rings. The number of nitrogens with two attached hydrogens (primary N) is 1. The van der Waals surface area contributed by atoms with Gasteiger partial charge in [0, 0.05) is 5.69 Å². The van der Waals surface area contributed by atoms with E-state index >= 15 is 0 Å². The maximum absolute atomic E-state index is 4.50. The Morgan fingerprint density at radius 2 is 1.91 bits per heavy atom. The highest BCUT2D eigenvalue weighted by atomic mass is 15.1. The highest BCUT2D eigenvalue weighted by Crippen LogP contribution is 2.07. The maximum Gasteiger partial charge on any atom is 0.0651 e. The molecule has 0 amide bonds. The first-order chi connectivity index (χ1) is 5.25. The van der Waals surface area contributed by atoms with Gasteiger partial charge in [-0.25, -0.2) is 0 Å². The summed E-state index contributed by atoms with van der Waals surface area (Å²) in [6, 6.07) is 0. The highest BCUT2D eigenvalue weighted by molar-refractivity contribution is 5.21. The van der Waals surface area contributed by atoms with Crippen LogP contribution in [-0.4, -0.2) is 17.2 Å². The van der Waals surface area contributed by atoms with Gasteiger partial charge in [-0.1, -0.05) is 6.92 Å². The van der Waals surface area contributed by atoms with Crippen molar-refractivity contribution in [3.05, 3.63) is 17.0 Å². The molecule has 64 valence electrons. The number of aromatic amines is 1. The number of aryl methyl sites for hydroxylation is 2. The molecule has 0 unspecified atom stereocenters. The molecule has 0 saturated heterocycles. The molecule has 0 aromatic carbocycles. The topological polar surface area (TPSA) is 54.7 Å². The van der Waals surface area contributed by atoms with Crippen LogP contribution >= 0.6 is 0 Å². The smallest absolute Gasteiger partial charge is 0.0651 e. The summed E-state index contributed by atoms with van der Waals surface area (Å²) in [7, 11) is 1.50. The Morgan fingerprint density at radius 3 is 2.09 bits per heavy atom. The van der Waals surface area contributed by atoms with E-state index in [1.165, 1.54) is 24.0 Å². The molecule has 0 aliphatic heterocycles. The van der Waals surface area contributed by atoms with Gasteiger partial charge in [0.1, 0.15) is 0 Å². The molecule has 3 heteroatoms. The fourth-order valence-corrected chi connectivity index (χ4v) is 0.880. The van der Waals surface area contributed by atoms with Crippen LogP contribution in [0.25, 0.3) is 0 Å². The zero-order valence-electron chi connectivity index (χ0n) is 7.73. The molecule has 1 rings (SSSR count). The van der Waals surface area contributed by atoms with Crippen LogP contribution in [0, 0.1) is 13.8 Å². The summed E-state index contributed by atoms with van der Waals surface area (Å²) >= 11 is 0. The summed E-state index contributed by atoms with van der Waals surface area (Å²) in [4.78, 5) is 0. The fraction of sp³-hybridized carbons (Fsp3) is 0.625. The quantitative estimate of drug-likeness (QED) is 0.639. The molecule has 0 radical (unpaired) electrons. The molecular formula is C8H17N3. The molecule has 0 fully saturated rings. The van der Waals surface area contributed by atoms with Crippen LogP contribution in [0.1, 0.15) is 23.9 Å². The second-order valence-corrected chi connectivity index (χ2v) is 2.27. The van der Waals surface area contributed by atoms with Crippen molar-refractivity contribution in [2.24, 2.45) is 5.73 Å². The summed E-state index contributed by atoms with van der Waals surface area (Å²) in [5.41, 5.74) is 8.18. The molecule has 0 atom stereocenters. The lowest BCUT2D eigenvalue weighted by molar-refractivity contribution is 0.959. The summed E-state index contributed by atoms with van der Waals surface area (Å²) < 4.78 is 0. The zero-order chi connectivity index (χ0) is 8.85. The van der Waals surface area contributed by atoms with Crippen LogP contribution in [-0.2, 0) is 6.42 Å². The SMILES string of the molecule is CCc1n[nH]c(C)c1C.CN. The van der Waals surface area contributed by atoms with Gasteiger partial charge in [0.2, 0.25) is 0 Å². The van der Waals surface area contributed by atoms with E-state index in [1.807, 2.05) is 6.92 Å². The van der Waals surface area contributed by atoms with Crippen molar-refractivity contribution < 1.29 is 0 Å². The first-order valence-corrected chi connectivity index (χ1v) is 3.84. The van der Waals surface area contributed by atoms with Crippen molar-refractivity contribution in [1.29, 1.82) is 0 Å². The van der Waals surface area contributed by atoms with E-state index in [4.69, 9.17) is 0 Å². The Balaban J connectivity index is 0.000000461. The number of aromatic nitrogens is 2. The van der Waals surface area contributed by atoms with E-state index in [1.54, 1.807) is 0 Å². The lowest BCUT2D eigenvalue weighted by Gasteiger charge is -1.88. The van der Waals surface area contributed by atoms with Crippen LogP contribution in [0.4, 0.5) is 0 Å². The standard InChI is InChI=1S/C7H12N2.CH5N/c1-4-7-5(2)6(3)8-9-7;1-2/h4H2,1-3H3,(H,8,9);2H2,1H3. The van der Waals surface area contributed by atoms with Gasteiger partial charge in [0.05, 0.1) is 5.69 Å². The van der Waals surface area contributed by atoms with E-state index < -0.39 is 0 Å². The Morgan fingerprint density at radius 1 is 1.36 bits per heavy atom. The van der Waals surface area contributed by atoms with Gasteiger partial charge >= 0.3 is 0 Å². The van der Waals surface area contributed by atoms with Crippen molar-refractivity contribution in [2.75, 3.05) is 7.05 Å². The average Bonchev–Trinajstić information content (AvgIpc) is 2.37. The Hall–Kier alpha value is -0.830. The van der Waals surface area contributed by atoms with E-state index in [0.29, 0.717) is 0 Å². The van der Waals surface area contributed by atoms with E-state index in [9.17, 15) is 0 Å². The predicted octanol–water partition coefficient (Wildman–Crippen LogP) is 1.16. The van der Waals surface area contributed by atoms with Crippen molar-refractivity contribution in [3.8, 4) is 0 Å². The minimum absolute atomic E-state index is 1.02. The number of rotatable bonds is 1. The van der Waals surface area contributed by atoms with Gasteiger partial charge in [-0.3, -0.25) is 5.10 Å². The molecule has 0 aliphatic rings. The van der Waals surface area contributed by atoms with Crippen LogP contribution in [0.3, 0.4) is 0 Å². The summed E-state index contributed by atoms with van der Waals surface area (Å²) in [5.74, 6) is 0. The Kier molecular flexibility index (Phi) is 4.54. The molecule has 0 saturated carbocycles. The minimum atomic E-state index is 1.02. The first-order valence-electron chi connectivity index (χ1n) is 3.84. The van der Waals surface area contributed by atoms with E-state index in [0.717, 1.165) is 6.42 Å². The summed E-state index contributed by atoms with van der Waals surface area (Å²) in [5, 5.41) is 7.05. The van der Waals surface area contributed by atoms with Crippen LogP contribution in [0.15, 0.2) is 0 Å². The van der Waals surface area contributed by atoms with Gasteiger partial charge in [0.25, 0.3) is 0 Å². The van der Waals surface area contributed by atoms with Gasteiger partial charge in [-0.05, 0) is 32.9 Å². The van der Waals surface area contributed by atoms with Gasteiger partial charge < -0.3 is 5.73 Å². The first kappa shape index (κ1) is 10.2. The molecule has 3 nitrogen and oxygen atoms in total. The molecule has 0 bridgehead atoms. The van der Waals surface area contributed by atoms with Crippen molar-refractivity contribution >= 4 is 0 Å². The minimum Gasteiger partial charge on any atom is -0.333 e. The Labute approximate surface area is 68.0 Å². The third-order valence-electron chi connectivity index (χ3n) is 1.69. The van der Waals surface area contributed by atoms with Crippen molar-refractivity contribution in [1.82, 2.24) is 10.2 Å². The largest absolute Gasteiger partial charge is 0.333 e. The Bertz CT molecular complexity index is 203. The fourth-order valence-electron chi connectivity index (χ4n) is 0.880. The number of nitrogens with one attached hydrogen (secondary N) is 1. The van der Waals surface area contributed by atoms with Gasteiger partial charge in [-0.15, -0.1) is 0 Å². The second kappa shape index (κ2) is 4.91. The molecule has 3 N–H and O–H groups in total. The van der Waals surface area contributed by atoms with Crippen molar-refractivity contribution in [2.45, 2.75) is 27.2 Å². The number of nitrogens with zero attached hydrogens (tertiary/aromatic N) is 1. The van der Waals surface area contributed by atoms with E-state index in [-0.39, 0.29) is 0 Å². The molecule has 11 heavy (non-hydrogen) atoms. The number of H-pyrrole nitrogens is 1. The van der Waals surface area contributed by atoms with Crippen molar-refractivity contribution in [3.63, 3.8) is 0 Å². The van der Waals surface area contributed by atoms with Gasteiger partial charge in [-0.2, -0.15) is 5.10 Å². The second-order valence-electron chi connectivity index (χ2n) is 2.27. The predicted molar refractivity (Wildman–Crippen MR) is 47.6 cm³/mol. The normalized spacial score (nSPS) is 8.82. The molecule has 0 spiro atoms. The maximum atomic E-state index is 4.50. The highest BCUT2D eigenvalue weighted by Gasteiger charge is 2.00. The number of hydrogen-bond donors (Lipinski definition) is 2. The molecular weight excluding hydrogens is 138 g/mol. The third-order valence-corrected chi connectivity index (χ3v) is 1.69. The van der Waals surface area contributed by atoms with E-state index in [2.05, 4.69) is 29.8 Å². The zero-order valence-corrected chi connectivity index (χ0v) is 7.73. The molecule has 0 aliphatic carbocycles.